The molecular weight excluding hydrogens is 298 g/mol. The number of aryl methyl sites for hydroxylation is 2. The zero-order chi connectivity index (χ0) is 16.9. The van der Waals surface area contributed by atoms with Crippen molar-refractivity contribution in [2.24, 2.45) is 0 Å². The van der Waals surface area contributed by atoms with Gasteiger partial charge in [-0.25, -0.2) is 4.98 Å². The Morgan fingerprint density at radius 2 is 1.88 bits per heavy atom. The lowest BCUT2D eigenvalue weighted by atomic mass is 10.2. The molecule has 0 spiro atoms. The molecule has 24 heavy (non-hydrogen) atoms. The van der Waals surface area contributed by atoms with Crippen molar-refractivity contribution < 1.29 is 4.79 Å². The van der Waals surface area contributed by atoms with Gasteiger partial charge in [0.1, 0.15) is 12.4 Å². The summed E-state index contributed by atoms with van der Waals surface area (Å²) in [5.74, 6) is 0.961. The first-order valence-corrected chi connectivity index (χ1v) is 8.48. The molecule has 0 atom stereocenters. The fraction of sp³-hybridized carbons (Fsp3) is 0.300. The van der Waals surface area contributed by atoms with E-state index >= 15 is 0 Å². The molecule has 0 unspecified atom stereocenters. The lowest BCUT2D eigenvalue weighted by Gasteiger charge is -2.11. The van der Waals surface area contributed by atoms with Gasteiger partial charge in [-0.15, -0.1) is 0 Å². The molecule has 2 aromatic carbocycles. The number of para-hydroxylation sites is 3. The Hall–Kier alpha value is -2.62. The maximum absolute atomic E-state index is 12.5. The van der Waals surface area contributed by atoms with Crippen LogP contribution in [0.25, 0.3) is 11.0 Å². The van der Waals surface area contributed by atoms with Crippen molar-refractivity contribution in [1.82, 2.24) is 9.55 Å². The van der Waals surface area contributed by atoms with E-state index in [1.165, 1.54) is 0 Å². The first-order valence-electron chi connectivity index (χ1n) is 8.48. The molecule has 1 heterocycles. The summed E-state index contributed by atoms with van der Waals surface area (Å²) < 4.78 is 2.04. The van der Waals surface area contributed by atoms with E-state index in [1.807, 2.05) is 60.0 Å². The van der Waals surface area contributed by atoms with Gasteiger partial charge in [-0.05, 0) is 37.1 Å². The second-order valence-corrected chi connectivity index (χ2v) is 6.07. The molecular formula is C20H23N3O. The number of imidazole rings is 1. The van der Waals surface area contributed by atoms with E-state index in [0.717, 1.165) is 47.4 Å². The van der Waals surface area contributed by atoms with Gasteiger partial charge >= 0.3 is 0 Å². The summed E-state index contributed by atoms with van der Waals surface area (Å²) in [5, 5.41) is 3.01. The molecule has 1 amide bonds. The quantitative estimate of drug-likeness (QED) is 0.734. The number of nitrogens with one attached hydrogen (secondary N) is 1. The number of rotatable bonds is 6. The van der Waals surface area contributed by atoms with E-state index in [0.29, 0.717) is 0 Å². The van der Waals surface area contributed by atoms with Crippen LogP contribution in [-0.2, 0) is 17.8 Å². The van der Waals surface area contributed by atoms with Crippen molar-refractivity contribution in [2.45, 2.75) is 39.7 Å². The summed E-state index contributed by atoms with van der Waals surface area (Å²) in [6.45, 7) is 4.45. The normalized spacial score (nSPS) is 10.9. The smallest absolute Gasteiger partial charge is 0.244 e. The minimum atomic E-state index is -0.0230. The van der Waals surface area contributed by atoms with Gasteiger partial charge in [-0.3, -0.25) is 4.79 Å². The van der Waals surface area contributed by atoms with E-state index in [9.17, 15) is 4.79 Å². The molecule has 1 aromatic heterocycles. The van der Waals surface area contributed by atoms with Gasteiger partial charge in [0.25, 0.3) is 0 Å². The highest BCUT2D eigenvalue weighted by Crippen LogP contribution is 2.18. The number of carbonyl (C=O) groups excluding carboxylic acids is 1. The number of fused-ring (bicyclic) bond motifs is 1. The number of nitrogens with zero attached hydrogens (tertiary/aromatic N) is 2. The van der Waals surface area contributed by atoms with Gasteiger partial charge in [-0.1, -0.05) is 43.7 Å². The molecule has 0 radical (unpaired) electrons. The van der Waals surface area contributed by atoms with Gasteiger partial charge in [0.05, 0.1) is 11.0 Å². The van der Waals surface area contributed by atoms with Crippen LogP contribution in [0.1, 0.15) is 31.2 Å². The van der Waals surface area contributed by atoms with E-state index in [1.54, 1.807) is 0 Å². The third-order valence-corrected chi connectivity index (χ3v) is 4.21. The molecule has 3 rings (SSSR count). The molecule has 0 aliphatic heterocycles. The maximum atomic E-state index is 12.5. The molecule has 4 nitrogen and oxygen atoms in total. The summed E-state index contributed by atoms with van der Waals surface area (Å²) in [5.41, 5.74) is 3.89. The third-order valence-electron chi connectivity index (χ3n) is 4.21. The number of benzene rings is 2. The van der Waals surface area contributed by atoms with Gasteiger partial charge in [0, 0.05) is 12.1 Å². The first kappa shape index (κ1) is 16.2. The van der Waals surface area contributed by atoms with Crippen LogP contribution in [-0.4, -0.2) is 15.5 Å². The maximum Gasteiger partial charge on any atom is 0.244 e. The van der Waals surface area contributed by atoms with Crippen LogP contribution in [0, 0.1) is 6.92 Å². The predicted octanol–water partition coefficient (Wildman–Crippen LogP) is 4.33. The third kappa shape index (κ3) is 3.48. The Kier molecular flexibility index (Phi) is 4.94. The van der Waals surface area contributed by atoms with Gasteiger partial charge < -0.3 is 9.88 Å². The molecule has 124 valence electrons. The molecule has 4 heteroatoms. The highest BCUT2D eigenvalue weighted by atomic mass is 16.1. The Morgan fingerprint density at radius 1 is 1.12 bits per heavy atom. The van der Waals surface area contributed by atoms with Crippen LogP contribution >= 0.6 is 0 Å². The second-order valence-electron chi connectivity index (χ2n) is 6.07. The molecule has 0 aliphatic carbocycles. The van der Waals surface area contributed by atoms with Crippen LogP contribution in [0.15, 0.2) is 48.5 Å². The van der Waals surface area contributed by atoms with Crippen molar-refractivity contribution >= 4 is 22.6 Å². The number of amides is 1. The van der Waals surface area contributed by atoms with E-state index in [4.69, 9.17) is 4.98 Å². The number of anilines is 1. The highest BCUT2D eigenvalue weighted by molar-refractivity contribution is 5.92. The van der Waals surface area contributed by atoms with Crippen LogP contribution in [0.2, 0.25) is 0 Å². The molecule has 3 aromatic rings. The van der Waals surface area contributed by atoms with Crippen molar-refractivity contribution in [1.29, 1.82) is 0 Å². The lowest BCUT2D eigenvalue weighted by Crippen LogP contribution is -2.20. The summed E-state index contributed by atoms with van der Waals surface area (Å²) in [6.07, 6.45) is 3.07. The Labute approximate surface area is 142 Å². The molecule has 0 aliphatic rings. The number of carbonyl (C=O) groups is 1. The molecule has 0 saturated heterocycles. The van der Waals surface area contributed by atoms with Crippen LogP contribution in [0.5, 0.6) is 0 Å². The number of hydrogen-bond acceptors (Lipinski definition) is 2. The largest absolute Gasteiger partial charge is 0.324 e. The summed E-state index contributed by atoms with van der Waals surface area (Å²) >= 11 is 0. The summed E-state index contributed by atoms with van der Waals surface area (Å²) in [6, 6.07) is 15.8. The Bertz CT molecular complexity index is 851. The minimum Gasteiger partial charge on any atom is -0.324 e. The van der Waals surface area contributed by atoms with Gasteiger partial charge in [-0.2, -0.15) is 0 Å². The van der Waals surface area contributed by atoms with Gasteiger partial charge in [0.15, 0.2) is 0 Å². The zero-order valence-corrected chi connectivity index (χ0v) is 14.2. The number of unbranched alkanes of at least 4 members (excludes halogenated alkanes) is 1. The second kappa shape index (κ2) is 7.30. The van der Waals surface area contributed by atoms with Crippen molar-refractivity contribution in [3.05, 3.63) is 59.9 Å². The standard InChI is InChI=1S/C20H23N3O/c1-3-4-13-19-21-17-11-7-8-12-18(17)23(19)14-20(24)22-16-10-6-5-9-15(16)2/h5-12H,3-4,13-14H2,1-2H3,(H,22,24). The summed E-state index contributed by atoms with van der Waals surface area (Å²) in [7, 11) is 0. The van der Waals surface area contributed by atoms with Crippen LogP contribution in [0.3, 0.4) is 0 Å². The zero-order valence-electron chi connectivity index (χ0n) is 14.2. The highest BCUT2D eigenvalue weighted by Gasteiger charge is 2.13. The predicted molar refractivity (Wildman–Crippen MR) is 98.2 cm³/mol. The fourth-order valence-electron chi connectivity index (χ4n) is 2.87. The molecule has 1 N–H and O–H groups in total. The van der Waals surface area contributed by atoms with E-state index < -0.39 is 0 Å². The molecule has 0 bridgehead atoms. The monoisotopic (exact) mass is 321 g/mol. The first-order chi connectivity index (χ1) is 11.7. The number of hydrogen-bond donors (Lipinski definition) is 1. The SMILES string of the molecule is CCCCc1nc2ccccc2n1CC(=O)Nc1ccccc1C. The van der Waals surface area contributed by atoms with Crippen molar-refractivity contribution in [3.8, 4) is 0 Å². The average Bonchev–Trinajstić information content (AvgIpc) is 2.93. The van der Waals surface area contributed by atoms with Gasteiger partial charge in [0.2, 0.25) is 5.91 Å². The van der Waals surface area contributed by atoms with E-state index in [2.05, 4.69) is 12.2 Å². The average molecular weight is 321 g/mol. The topological polar surface area (TPSA) is 46.9 Å². The fourth-order valence-corrected chi connectivity index (χ4v) is 2.87. The summed E-state index contributed by atoms with van der Waals surface area (Å²) in [4.78, 5) is 17.3. The van der Waals surface area contributed by atoms with Crippen LogP contribution in [0.4, 0.5) is 5.69 Å². The van der Waals surface area contributed by atoms with Crippen molar-refractivity contribution in [2.75, 3.05) is 5.32 Å². The lowest BCUT2D eigenvalue weighted by molar-refractivity contribution is -0.116. The number of aromatic nitrogens is 2. The molecule has 0 saturated carbocycles. The van der Waals surface area contributed by atoms with E-state index in [-0.39, 0.29) is 12.5 Å². The Morgan fingerprint density at radius 3 is 2.67 bits per heavy atom. The van der Waals surface area contributed by atoms with Crippen LogP contribution < -0.4 is 5.32 Å². The minimum absolute atomic E-state index is 0.0230. The Balaban J connectivity index is 1.85. The molecule has 0 fully saturated rings. The van der Waals surface area contributed by atoms with Crippen molar-refractivity contribution in [3.63, 3.8) is 0 Å².